The molecular weight excluding hydrogens is 488 g/mol. The highest BCUT2D eigenvalue weighted by Gasteiger charge is 2.60. The van der Waals surface area contributed by atoms with E-state index in [1.165, 1.54) is 0 Å². The predicted octanol–water partition coefficient (Wildman–Crippen LogP) is 6.46. The highest BCUT2D eigenvalue weighted by atomic mass is 79.9. The van der Waals surface area contributed by atoms with Crippen LogP contribution in [0.25, 0.3) is 10.8 Å². The van der Waals surface area contributed by atoms with E-state index in [0.717, 1.165) is 38.4 Å². The summed E-state index contributed by atoms with van der Waals surface area (Å²) in [6.45, 7) is 2.48. The van der Waals surface area contributed by atoms with E-state index in [2.05, 4.69) is 50.7 Å². The lowest BCUT2D eigenvalue weighted by Gasteiger charge is -2.18. The van der Waals surface area contributed by atoms with Crippen LogP contribution >= 0.6 is 15.9 Å². The smallest absolute Gasteiger partial charge is 0.244 e. The maximum atomic E-state index is 13.2. The molecule has 0 radical (unpaired) electrons. The van der Waals surface area contributed by atoms with Gasteiger partial charge >= 0.3 is 0 Å². The molecular formula is C29H25BrN2O2. The van der Waals surface area contributed by atoms with Crippen molar-refractivity contribution >= 4 is 38.8 Å². The molecule has 5 rings (SSSR count). The lowest BCUT2D eigenvalue weighted by Crippen LogP contribution is -2.25. The van der Waals surface area contributed by atoms with Gasteiger partial charge in [-0.2, -0.15) is 5.10 Å². The monoisotopic (exact) mass is 512 g/mol. The van der Waals surface area contributed by atoms with Crippen molar-refractivity contribution in [3.05, 3.63) is 112 Å². The first-order valence-corrected chi connectivity index (χ1v) is 12.2. The maximum Gasteiger partial charge on any atom is 0.244 e. The minimum absolute atomic E-state index is 0.0822. The Morgan fingerprint density at radius 3 is 2.29 bits per heavy atom. The van der Waals surface area contributed by atoms with Crippen LogP contribution in [0.5, 0.6) is 5.75 Å². The molecule has 170 valence electrons. The summed E-state index contributed by atoms with van der Waals surface area (Å²) in [7, 11) is 0. The average molecular weight is 513 g/mol. The number of nitrogens with zero attached hydrogens (tertiary/aromatic N) is 1. The van der Waals surface area contributed by atoms with Gasteiger partial charge in [-0.3, -0.25) is 4.79 Å². The molecule has 1 amide bonds. The fourth-order valence-corrected chi connectivity index (χ4v) is 5.41. The topological polar surface area (TPSA) is 50.7 Å². The third-order valence-electron chi connectivity index (χ3n) is 6.51. The van der Waals surface area contributed by atoms with Gasteiger partial charge in [-0.1, -0.05) is 84.9 Å². The number of amides is 1. The van der Waals surface area contributed by atoms with E-state index in [1.807, 2.05) is 73.7 Å². The molecule has 4 aromatic rings. The van der Waals surface area contributed by atoms with Crippen molar-refractivity contribution in [1.29, 1.82) is 0 Å². The van der Waals surface area contributed by atoms with E-state index in [0.29, 0.717) is 12.4 Å². The zero-order valence-corrected chi connectivity index (χ0v) is 20.5. The number of ether oxygens (including phenoxy) is 1. The molecule has 1 aliphatic carbocycles. The molecule has 0 saturated heterocycles. The van der Waals surface area contributed by atoms with E-state index < -0.39 is 0 Å². The summed E-state index contributed by atoms with van der Waals surface area (Å²) in [5.41, 5.74) is 5.62. The van der Waals surface area contributed by atoms with Crippen LogP contribution in [-0.2, 0) is 10.2 Å². The number of carbonyl (C=O) groups is 1. The average Bonchev–Trinajstić information content (AvgIpc) is 3.64. The van der Waals surface area contributed by atoms with Crippen LogP contribution in [0.4, 0.5) is 0 Å². The third-order valence-corrected chi connectivity index (χ3v) is 7.10. The summed E-state index contributed by atoms with van der Waals surface area (Å²) in [6.07, 6.45) is 2.44. The number of carbonyl (C=O) groups excluding carboxylic acids is 1. The number of fused-ring (bicyclic) bond motifs is 1. The summed E-state index contributed by atoms with van der Waals surface area (Å²) >= 11 is 3.62. The zero-order chi connectivity index (χ0) is 23.5. The van der Waals surface area contributed by atoms with Crippen LogP contribution < -0.4 is 10.2 Å². The lowest BCUT2D eigenvalue weighted by atomic mass is 9.85. The van der Waals surface area contributed by atoms with Crippen LogP contribution in [0.2, 0.25) is 0 Å². The number of benzene rings is 4. The van der Waals surface area contributed by atoms with Crippen molar-refractivity contribution in [1.82, 2.24) is 5.43 Å². The van der Waals surface area contributed by atoms with Gasteiger partial charge in [0.05, 0.1) is 23.2 Å². The van der Waals surface area contributed by atoms with Crippen LogP contribution in [0.1, 0.15) is 30.0 Å². The van der Waals surface area contributed by atoms with E-state index in [-0.39, 0.29) is 17.2 Å². The number of hydrazone groups is 1. The Morgan fingerprint density at radius 2 is 1.65 bits per heavy atom. The number of hydrogen-bond donors (Lipinski definition) is 1. The molecule has 1 unspecified atom stereocenters. The summed E-state index contributed by atoms with van der Waals surface area (Å²) in [5, 5.41) is 6.45. The molecule has 1 atom stereocenters. The van der Waals surface area contributed by atoms with Crippen LogP contribution in [0, 0.1) is 5.92 Å². The van der Waals surface area contributed by atoms with Crippen LogP contribution in [0.15, 0.2) is 101 Å². The molecule has 1 fully saturated rings. The molecule has 0 aliphatic heterocycles. The first-order valence-electron chi connectivity index (χ1n) is 11.4. The normalized spacial score (nSPS) is 16.5. The molecule has 1 N–H and O–H groups in total. The first-order chi connectivity index (χ1) is 16.6. The minimum Gasteiger partial charge on any atom is -0.492 e. The van der Waals surface area contributed by atoms with Gasteiger partial charge in [-0.15, -0.1) is 0 Å². The van der Waals surface area contributed by atoms with Crippen molar-refractivity contribution < 1.29 is 9.53 Å². The van der Waals surface area contributed by atoms with Crippen molar-refractivity contribution in [2.45, 2.75) is 18.8 Å². The van der Waals surface area contributed by atoms with Gasteiger partial charge in [-0.25, -0.2) is 5.43 Å². The Hall–Kier alpha value is -3.44. The largest absolute Gasteiger partial charge is 0.492 e. The quantitative estimate of drug-likeness (QED) is 0.228. The Morgan fingerprint density at radius 1 is 1.03 bits per heavy atom. The standard InChI is InChI=1S/C29H25BrN2O2/c1-2-34-27-24(23-16-10-9-11-20(23)17-26(27)30)19-31-32-28(33)25-18-29(25,21-12-5-3-6-13-21)22-14-7-4-8-15-22/h3-17,19,25H,2,18H2,1H3,(H,32,33)/b31-19+. The summed E-state index contributed by atoms with van der Waals surface area (Å²) < 4.78 is 6.75. The zero-order valence-electron chi connectivity index (χ0n) is 18.9. The highest BCUT2D eigenvalue weighted by Crippen LogP contribution is 2.58. The van der Waals surface area contributed by atoms with Crippen molar-refractivity contribution in [3.63, 3.8) is 0 Å². The molecule has 0 spiro atoms. The first kappa shape index (κ1) is 22.4. The lowest BCUT2D eigenvalue weighted by molar-refractivity contribution is -0.122. The van der Waals surface area contributed by atoms with Gasteiger partial charge < -0.3 is 4.74 Å². The van der Waals surface area contributed by atoms with E-state index in [1.54, 1.807) is 6.21 Å². The second kappa shape index (κ2) is 9.43. The summed E-state index contributed by atoms with van der Waals surface area (Å²) in [6, 6.07) is 30.6. The van der Waals surface area contributed by atoms with Gasteiger partial charge in [0.15, 0.2) is 0 Å². The number of hydrogen-bond acceptors (Lipinski definition) is 3. The Bertz CT molecular complexity index is 1310. The van der Waals surface area contributed by atoms with Gasteiger partial charge in [-0.05, 0) is 57.2 Å². The number of nitrogens with one attached hydrogen (secondary N) is 1. The number of rotatable bonds is 7. The van der Waals surface area contributed by atoms with Gasteiger partial charge in [0, 0.05) is 11.0 Å². The Labute approximate surface area is 207 Å². The van der Waals surface area contributed by atoms with Crippen molar-refractivity contribution in [2.75, 3.05) is 6.61 Å². The van der Waals surface area contributed by atoms with E-state index >= 15 is 0 Å². The molecule has 0 bridgehead atoms. The molecule has 34 heavy (non-hydrogen) atoms. The molecule has 4 nitrogen and oxygen atoms in total. The molecule has 5 heteroatoms. The maximum absolute atomic E-state index is 13.2. The van der Waals surface area contributed by atoms with Crippen molar-refractivity contribution in [2.24, 2.45) is 11.0 Å². The minimum atomic E-state index is -0.318. The molecule has 0 heterocycles. The second-order valence-corrected chi connectivity index (χ2v) is 9.30. The van der Waals surface area contributed by atoms with Gasteiger partial charge in [0.25, 0.3) is 0 Å². The molecule has 1 saturated carbocycles. The van der Waals surface area contributed by atoms with Crippen LogP contribution in [-0.4, -0.2) is 18.7 Å². The summed E-state index contributed by atoms with van der Waals surface area (Å²) in [4.78, 5) is 13.2. The second-order valence-electron chi connectivity index (χ2n) is 8.45. The SMILES string of the molecule is CCOc1c(Br)cc2ccccc2c1/C=N/NC(=O)C1CC1(c1ccccc1)c1ccccc1. The van der Waals surface area contributed by atoms with Crippen LogP contribution in [0.3, 0.4) is 0 Å². The Kier molecular flexibility index (Phi) is 6.20. The Balaban J connectivity index is 1.43. The van der Waals surface area contributed by atoms with E-state index in [9.17, 15) is 4.79 Å². The molecule has 0 aromatic heterocycles. The van der Waals surface area contributed by atoms with Gasteiger partial charge in [0.1, 0.15) is 5.75 Å². The molecule has 4 aromatic carbocycles. The third kappa shape index (κ3) is 4.01. The molecule has 1 aliphatic rings. The summed E-state index contributed by atoms with van der Waals surface area (Å²) in [5.74, 6) is 0.454. The van der Waals surface area contributed by atoms with Crippen molar-refractivity contribution in [3.8, 4) is 5.75 Å². The van der Waals surface area contributed by atoms with E-state index in [4.69, 9.17) is 4.74 Å². The fraction of sp³-hybridized carbons (Fsp3) is 0.172. The highest BCUT2D eigenvalue weighted by molar-refractivity contribution is 9.10. The van der Waals surface area contributed by atoms with Gasteiger partial charge in [0.2, 0.25) is 5.91 Å². The fourth-order valence-electron chi connectivity index (χ4n) is 4.83. The number of halogens is 1. The predicted molar refractivity (Wildman–Crippen MR) is 140 cm³/mol.